The van der Waals surface area contributed by atoms with E-state index in [1.165, 1.54) is 6.07 Å². The SMILES string of the molecule is CN1CCc2cc(F)cc(Cl)c21. The minimum absolute atomic E-state index is 0.242. The van der Waals surface area contributed by atoms with Crippen LogP contribution in [0, 0.1) is 5.82 Å². The summed E-state index contributed by atoms with van der Waals surface area (Å²) in [6.45, 7) is 0.929. The molecule has 0 aromatic heterocycles. The van der Waals surface area contributed by atoms with Gasteiger partial charge in [-0.15, -0.1) is 0 Å². The average Bonchev–Trinajstić information content (AvgIpc) is 2.31. The van der Waals surface area contributed by atoms with E-state index in [4.69, 9.17) is 11.6 Å². The molecule has 0 amide bonds. The topological polar surface area (TPSA) is 3.24 Å². The van der Waals surface area contributed by atoms with E-state index in [9.17, 15) is 4.39 Å². The molecule has 1 aliphatic heterocycles. The lowest BCUT2D eigenvalue weighted by atomic mass is 10.1. The number of benzene rings is 1. The molecule has 0 spiro atoms. The number of rotatable bonds is 0. The van der Waals surface area contributed by atoms with Crippen LogP contribution >= 0.6 is 11.6 Å². The summed E-state index contributed by atoms with van der Waals surface area (Å²) in [5.74, 6) is -0.242. The standard InChI is InChI=1S/C9H9ClFN/c1-12-3-2-6-4-7(11)5-8(10)9(6)12/h4-5H,2-3H2,1H3. The molecule has 0 aliphatic carbocycles. The van der Waals surface area contributed by atoms with Crippen LogP contribution in [0.1, 0.15) is 5.56 Å². The Balaban J connectivity index is 2.60. The maximum absolute atomic E-state index is 12.8. The summed E-state index contributed by atoms with van der Waals surface area (Å²) in [6, 6.07) is 2.92. The van der Waals surface area contributed by atoms with Gasteiger partial charge >= 0.3 is 0 Å². The number of anilines is 1. The zero-order valence-electron chi connectivity index (χ0n) is 6.77. The lowest BCUT2D eigenvalue weighted by molar-refractivity contribution is 0.626. The van der Waals surface area contributed by atoms with Crippen molar-refractivity contribution in [2.24, 2.45) is 0 Å². The van der Waals surface area contributed by atoms with Crippen LogP contribution in [0.3, 0.4) is 0 Å². The van der Waals surface area contributed by atoms with Gasteiger partial charge < -0.3 is 4.90 Å². The van der Waals surface area contributed by atoms with Crippen molar-refractivity contribution >= 4 is 17.3 Å². The number of hydrogen-bond acceptors (Lipinski definition) is 1. The number of nitrogens with zero attached hydrogens (tertiary/aromatic N) is 1. The van der Waals surface area contributed by atoms with Gasteiger partial charge in [0, 0.05) is 13.6 Å². The summed E-state index contributed by atoms with van der Waals surface area (Å²) in [6.07, 6.45) is 0.892. The molecule has 0 fully saturated rings. The highest BCUT2D eigenvalue weighted by Gasteiger charge is 2.19. The summed E-state index contributed by atoms with van der Waals surface area (Å²) in [5, 5.41) is 0.519. The van der Waals surface area contributed by atoms with Crippen molar-refractivity contribution in [3.63, 3.8) is 0 Å². The van der Waals surface area contributed by atoms with Crippen molar-refractivity contribution in [3.8, 4) is 0 Å². The lowest BCUT2D eigenvalue weighted by Gasteiger charge is -2.13. The first-order chi connectivity index (χ1) is 5.68. The zero-order valence-corrected chi connectivity index (χ0v) is 7.53. The smallest absolute Gasteiger partial charge is 0.125 e. The Morgan fingerprint density at radius 1 is 1.50 bits per heavy atom. The molecule has 3 heteroatoms. The highest BCUT2D eigenvalue weighted by Crippen LogP contribution is 2.34. The highest BCUT2D eigenvalue weighted by atomic mass is 35.5. The molecule has 0 bridgehead atoms. The molecule has 12 heavy (non-hydrogen) atoms. The summed E-state index contributed by atoms with van der Waals surface area (Å²) in [5.41, 5.74) is 2.00. The van der Waals surface area contributed by atoms with Crippen molar-refractivity contribution < 1.29 is 4.39 Å². The molecular weight excluding hydrogens is 177 g/mol. The minimum Gasteiger partial charge on any atom is -0.373 e. The molecule has 1 heterocycles. The van der Waals surface area contributed by atoms with E-state index >= 15 is 0 Å². The third-order valence-electron chi connectivity index (χ3n) is 2.21. The monoisotopic (exact) mass is 185 g/mol. The molecule has 0 saturated heterocycles. The zero-order chi connectivity index (χ0) is 8.72. The molecule has 0 radical (unpaired) electrons. The maximum atomic E-state index is 12.8. The number of fused-ring (bicyclic) bond motifs is 1. The first-order valence-corrected chi connectivity index (χ1v) is 4.25. The van der Waals surface area contributed by atoms with E-state index in [0.29, 0.717) is 5.02 Å². The first kappa shape index (κ1) is 7.87. The van der Waals surface area contributed by atoms with Crippen LogP contribution in [0.2, 0.25) is 5.02 Å². The van der Waals surface area contributed by atoms with Gasteiger partial charge in [0.1, 0.15) is 5.82 Å². The van der Waals surface area contributed by atoms with Crippen LogP contribution < -0.4 is 4.90 Å². The third kappa shape index (κ3) is 1.07. The number of halogens is 2. The molecule has 1 aromatic rings. The lowest BCUT2D eigenvalue weighted by Crippen LogP contribution is -2.12. The normalized spacial score (nSPS) is 15.1. The van der Waals surface area contributed by atoms with E-state index in [1.54, 1.807) is 6.07 Å². The van der Waals surface area contributed by atoms with Gasteiger partial charge in [-0.3, -0.25) is 0 Å². The van der Waals surface area contributed by atoms with Gasteiger partial charge in [0.2, 0.25) is 0 Å². The Morgan fingerprint density at radius 2 is 2.25 bits per heavy atom. The molecule has 64 valence electrons. The van der Waals surface area contributed by atoms with E-state index < -0.39 is 0 Å². The van der Waals surface area contributed by atoms with Crippen LogP contribution in [0.25, 0.3) is 0 Å². The van der Waals surface area contributed by atoms with Gasteiger partial charge in [0.25, 0.3) is 0 Å². The molecule has 0 N–H and O–H groups in total. The molecule has 0 unspecified atom stereocenters. The Labute approximate surface area is 75.7 Å². The van der Waals surface area contributed by atoms with Crippen molar-refractivity contribution in [3.05, 3.63) is 28.5 Å². The quantitative estimate of drug-likeness (QED) is 0.600. The fourth-order valence-corrected chi connectivity index (χ4v) is 2.01. The Morgan fingerprint density at radius 3 is 3.00 bits per heavy atom. The fourth-order valence-electron chi connectivity index (χ4n) is 1.64. The van der Waals surface area contributed by atoms with E-state index in [0.717, 1.165) is 24.2 Å². The largest absolute Gasteiger partial charge is 0.373 e. The number of hydrogen-bond donors (Lipinski definition) is 0. The minimum atomic E-state index is -0.242. The summed E-state index contributed by atoms with van der Waals surface area (Å²) >= 11 is 5.89. The summed E-state index contributed by atoms with van der Waals surface area (Å²) in [4.78, 5) is 2.05. The Kier molecular flexibility index (Phi) is 1.72. The van der Waals surface area contributed by atoms with Crippen LogP contribution in [0.4, 0.5) is 10.1 Å². The second-order valence-electron chi connectivity index (χ2n) is 3.07. The van der Waals surface area contributed by atoms with Crippen molar-refractivity contribution in [1.29, 1.82) is 0 Å². The molecule has 1 aromatic carbocycles. The van der Waals surface area contributed by atoms with Crippen molar-refractivity contribution in [2.45, 2.75) is 6.42 Å². The van der Waals surface area contributed by atoms with Gasteiger partial charge in [0.05, 0.1) is 10.7 Å². The second-order valence-corrected chi connectivity index (χ2v) is 3.47. The van der Waals surface area contributed by atoms with Crippen LogP contribution in [-0.2, 0) is 6.42 Å². The van der Waals surface area contributed by atoms with Gasteiger partial charge in [-0.1, -0.05) is 11.6 Å². The summed E-state index contributed by atoms with van der Waals surface area (Å²) in [7, 11) is 1.97. The summed E-state index contributed by atoms with van der Waals surface area (Å²) < 4.78 is 12.8. The maximum Gasteiger partial charge on any atom is 0.125 e. The van der Waals surface area contributed by atoms with E-state index in [2.05, 4.69) is 4.90 Å². The third-order valence-corrected chi connectivity index (χ3v) is 2.49. The van der Waals surface area contributed by atoms with Crippen LogP contribution in [0.5, 0.6) is 0 Å². The highest BCUT2D eigenvalue weighted by molar-refractivity contribution is 6.33. The molecular formula is C9H9ClFN. The van der Waals surface area contributed by atoms with Gasteiger partial charge in [-0.05, 0) is 24.1 Å². The number of likely N-dealkylation sites (N-methyl/N-ethyl adjacent to an activating group) is 1. The molecule has 2 rings (SSSR count). The van der Waals surface area contributed by atoms with Crippen molar-refractivity contribution in [2.75, 3.05) is 18.5 Å². The first-order valence-electron chi connectivity index (χ1n) is 3.87. The Hall–Kier alpha value is -0.760. The Bertz CT molecular complexity index is 325. The second kappa shape index (κ2) is 2.63. The predicted molar refractivity (Wildman–Crippen MR) is 48.4 cm³/mol. The molecule has 1 aliphatic rings. The molecule has 1 nitrogen and oxygen atoms in total. The fraction of sp³-hybridized carbons (Fsp3) is 0.333. The van der Waals surface area contributed by atoms with Crippen LogP contribution in [-0.4, -0.2) is 13.6 Å². The van der Waals surface area contributed by atoms with E-state index in [-0.39, 0.29) is 5.82 Å². The van der Waals surface area contributed by atoms with Crippen LogP contribution in [0.15, 0.2) is 12.1 Å². The van der Waals surface area contributed by atoms with Gasteiger partial charge in [-0.2, -0.15) is 0 Å². The van der Waals surface area contributed by atoms with Gasteiger partial charge in [0.15, 0.2) is 0 Å². The molecule has 0 atom stereocenters. The van der Waals surface area contributed by atoms with E-state index in [1.807, 2.05) is 7.05 Å². The average molecular weight is 186 g/mol. The predicted octanol–water partition coefficient (Wildman–Crippen LogP) is 2.47. The molecule has 0 saturated carbocycles. The van der Waals surface area contributed by atoms with Crippen molar-refractivity contribution in [1.82, 2.24) is 0 Å². The van der Waals surface area contributed by atoms with Gasteiger partial charge in [-0.25, -0.2) is 4.39 Å².